The van der Waals surface area contributed by atoms with E-state index in [1.54, 1.807) is 0 Å². The van der Waals surface area contributed by atoms with Gasteiger partial charge in [0.25, 0.3) is 0 Å². The van der Waals surface area contributed by atoms with Gasteiger partial charge in [-0.25, -0.2) is 4.39 Å². The fraction of sp³-hybridized carbons (Fsp3) is 0.533. The van der Waals surface area contributed by atoms with Crippen LogP contribution in [0.3, 0.4) is 0 Å². The van der Waals surface area contributed by atoms with E-state index in [9.17, 15) is 9.18 Å². The molecular weight excluding hydrogens is 263 g/mol. The molecule has 0 aromatic heterocycles. The Morgan fingerprint density at radius 2 is 1.95 bits per heavy atom. The number of ether oxygens (including phenoxy) is 3. The molecule has 0 aliphatic heterocycles. The van der Waals surface area contributed by atoms with Crippen molar-refractivity contribution in [1.82, 2.24) is 0 Å². The van der Waals surface area contributed by atoms with Crippen LogP contribution in [0.5, 0.6) is 5.75 Å². The Balaban J connectivity index is 2.45. The number of rotatable bonds is 7. The van der Waals surface area contributed by atoms with Crippen molar-refractivity contribution < 1.29 is 23.4 Å². The standard InChI is InChI=1S/C15H21FO4/c1-15(2,3)20-8-7-19-10-13(17)12-9-11(16)5-6-14(12)18-4/h5-6,9H,7-8,10H2,1-4H3. The summed E-state index contributed by atoms with van der Waals surface area (Å²) < 4.78 is 28.9. The number of carbonyl (C=O) groups excluding carboxylic acids is 1. The summed E-state index contributed by atoms with van der Waals surface area (Å²) in [5, 5.41) is 0. The molecule has 0 spiro atoms. The molecule has 4 nitrogen and oxygen atoms in total. The van der Waals surface area contributed by atoms with Crippen molar-refractivity contribution in [1.29, 1.82) is 0 Å². The zero-order valence-corrected chi connectivity index (χ0v) is 12.4. The molecule has 20 heavy (non-hydrogen) atoms. The van der Waals surface area contributed by atoms with E-state index in [-0.39, 0.29) is 23.6 Å². The van der Waals surface area contributed by atoms with Crippen LogP contribution in [0.4, 0.5) is 4.39 Å². The van der Waals surface area contributed by atoms with Crippen molar-refractivity contribution in [2.24, 2.45) is 0 Å². The first-order valence-corrected chi connectivity index (χ1v) is 6.42. The van der Waals surface area contributed by atoms with Crippen molar-refractivity contribution in [3.63, 3.8) is 0 Å². The first-order chi connectivity index (χ1) is 9.33. The second-order valence-electron chi connectivity index (χ2n) is 5.28. The molecular formula is C15H21FO4. The highest BCUT2D eigenvalue weighted by Crippen LogP contribution is 2.19. The Bertz CT molecular complexity index is 452. The maximum Gasteiger partial charge on any atom is 0.192 e. The molecule has 0 aliphatic carbocycles. The van der Waals surface area contributed by atoms with Gasteiger partial charge >= 0.3 is 0 Å². The van der Waals surface area contributed by atoms with Gasteiger partial charge < -0.3 is 14.2 Å². The largest absolute Gasteiger partial charge is 0.496 e. The molecule has 0 atom stereocenters. The molecule has 112 valence electrons. The number of halogens is 1. The van der Waals surface area contributed by atoms with Crippen LogP contribution >= 0.6 is 0 Å². The number of hydrogen-bond acceptors (Lipinski definition) is 4. The van der Waals surface area contributed by atoms with E-state index in [2.05, 4.69) is 0 Å². The summed E-state index contributed by atoms with van der Waals surface area (Å²) in [6, 6.07) is 3.81. The van der Waals surface area contributed by atoms with Crippen LogP contribution in [0.2, 0.25) is 0 Å². The van der Waals surface area contributed by atoms with E-state index in [1.807, 2.05) is 20.8 Å². The van der Waals surface area contributed by atoms with E-state index in [4.69, 9.17) is 14.2 Å². The molecule has 0 radical (unpaired) electrons. The van der Waals surface area contributed by atoms with Gasteiger partial charge in [0.2, 0.25) is 0 Å². The number of hydrogen-bond donors (Lipinski definition) is 0. The van der Waals surface area contributed by atoms with Gasteiger partial charge in [-0.1, -0.05) is 0 Å². The van der Waals surface area contributed by atoms with Gasteiger partial charge in [0, 0.05) is 0 Å². The Morgan fingerprint density at radius 1 is 1.25 bits per heavy atom. The van der Waals surface area contributed by atoms with E-state index in [0.29, 0.717) is 19.0 Å². The second-order valence-corrected chi connectivity index (χ2v) is 5.28. The van der Waals surface area contributed by atoms with Gasteiger partial charge in [0.05, 0.1) is 31.5 Å². The van der Waals surface area contributed by atoms with Crippen LogP contribution < -0.4 is 4.74 Å². The minimum atomic E-state index is -0.481. The fourth-order valence-corrected chi connectivity index (χ4v) is 1.55. The minimum Gasteiger partial charge on any atom is -0.496 e. The highest BCUT2D eigenvalue weighted by atomic mass is 19.1. The van der Waals surface area contributed by atoms with Crippen LogP contribution in [-0.2, 0) is 9.47 Å². The van der Waals surface area contributed by atoms with Crippen molar-refractivity contribution in [2.75, 3.05) is 26.9 Å². The summed E-state index contributed by atoms with van der Waals surface area (Å²) in [4.78, 5) is 11.9. The average molecular weight is 284 g/mol. The highest BCUT2D eigenvalue weighted by molar-refractivity contribution is 5.99. The van der Waals surface area contributed by atoms with Crippen molar-refractivity contribution in [3.8, 4) is 5.75 Å². The molecule has 5 heteroatoms. The Kier molecular flexibility index (Phi) is 6.10. The summed E-state index contributed by atoms with van der Waals surface area (Å²) in [6.07, 6.45) is 0. The lowest BCUT2D eigenvalue weighted by Gasteiger charge is -2.19. The summed E-state index contributed by atoms with van der Waals surface area (Å²) in [5.74, 6) is -0.465. The Labute approximate surface area is 118 Å². The molecule has 1 rings (SSSR count). The van der Waals surface area contributed by atoms with Crippen LogP contribution in [0.1, 0.15) is 31.1 Å². The normalized spacial score (nSPS) is 11.4. The predicted octanol–water partition coefficient (Wildman–Crippen LogP) is 2.85. The van der Waals surface area contributed by atoms with Gasteiger partial charge in [-0.15, -0.1) is 0 Å². The molecule has 0 unspecified atom stereocenters. The first kappa shape index (κ1) is 16.6. The van der Waals surface area contributed by atoms with Gasteiger partial charge in [-0.2, -0.15) is 0 Å². The van der Waals surface area contributed by atoms with E-state index in [0.717, 1.165) is 6.07 Å². The topological polar surface area (TPSA) is 44.8 Å². The SMILES string of the molecule is COc1ccc(F)cc1C(=O)COCCOC(C)(C)C. The van der Waals surface area contributed by atoms with E-state index in [1.165, 1.54) is 19.2 Å². The number of methoxy groups -OCH3 is 1. The van der Waals surface area contributed by atoms with Gasteiger partial charge in [-0.3, -0.25) is 4.79 Å². The number of ketones is 1. The van der Waals surface area contributed by atoms with E-state index < -0.39 is 5.82 Å². The lowest BCUT2D eigenvalue weighted by molar-refractivity contribution is -0.0324. The Morgan fingerprint density at radius 3 is 2.55 bits per heavy atom. The number of Topliss-reactive ketones (excluding diaryl/α,β-unsaturated/α-hetero) is 1. The number of benzene rings is 1. The maximum atomic E-state index is 13.1. The summed E-state index contributed by atoms with van der Waals surface area (Å²) in [7, 11) is 1.43. The highest BCUT2D eigenvalue weighted by Gasteiger charge is 2.14. The van der Waals surface area contributed by atoms with Crippen molar-refractivity contribution in [2.45, 2.75) is 26.4 Å². The van der Waals surface area contributed by atoms with Gasteiger partial charge in [0.15, 0.2) is 5.78 Å². The zero-order chi connectivity index (χ0) is 15.2. The lowest BCUT2D eigenvalue weighted by Crippen LogP contribution is -2.22. The minimum absolute atomic E-state index is 0.132. The van der Waals surface area contributed by atoms with Crippen molar-refractivity contribution >= 4 is 5.78 Å². The molecule has 0 heterocycles. The molecule has 0 aliphatic rings. The van der Waals surface area contributed by atoms with Crippen LogP contribution in [0.25, 0.3) is 0 Å². The molecule has 1 aromatic rings. The molecule has 0 bridgehead atoms. The molecule has 0 N–H and O–H groups in total. The first-order valence-electron chi connectivity index (χ1n) is 6.42. The van der Waals surface area contributed by atoms with Gasteiger partial charge in [-0.05, 0) is 39.0 Å². The van der Waals surface area contributed by atoms with Crippen LogP contribution in [0.15, 0.2) is 18.2 Å². The summed E-state index contributed by atoms with van der Waals surface area (Å²) in [6.45, 7) is 6.40. The quantitative estimate of drug-likeness (QED) is 0.570. The second kappa shape index (κ2) is 7.36. The molecule has 0 amide bonds. The smallest absolute Gasteiger partial charge is 0.192 e. The maximum absolute atomic E-state index is 13.1. The molecule has 0 saturated heterocycles. The third kappa shape index (κ3) is 5.67. The molecule has 0 fully saturated rings. The fourth-order valence-electron chi connectivity index (χ4n) is 1.55. The van der Waals surface area contributed by atoms with Crippen LogP contribution in [-0.4, -0.2) is 38.3 Å². The lowest BCUT2D eigenvalue weighted by atomic mass is 10.1. The zero-order valence-electron chi connectivity index (χ0n) is 12.4. The monoisotopic (exact) mass is 284 g/mol. The van der Waals surface area contributed by atoms with Crippen LogP contribution in [0, 0.1) is 5.82 Å². The van der Waals surface area contributed by atoms with E-state index >= 15 is 0 Å². The van der Waals surface area contributed by atoms with Gasteiger partial charge in [0.1, 0.15) is 18.2 Å². The summed E-state index contributed by atoms with van der Waals surface area (Å²) in [5.41, 5.74) is -0.0525. The third-order valence-electron chi connectivity index (χ3n) is 2.46. The molecule has 1 aromatic carbocycles. The predicted molar refractivity (Wildman–Crippen MR) is 73.8 cm³/mol. The average Bonchev–Trinajstić information content (AvgIpc) is 2.36. The Hall–Kier alpha value is -1.46. The molecule has 0 saturated carbocycles. The summed E-state index contributed by atoms with van der Waals surface area (Å²) >= 11 is 0. The third-order valence-corrected chi connectivity index (χ3v) is 2.46. The number of carbonyl (C=O) groups is 1. The van der Waals surface area contributed by atoms with Crippen molar-refractivity contribution in [3.05, 3.63) is 29.6 Å².